The third-order valence-electron chi connectivity index (χ3n) is 2.66. The van der Waals surface area contributed by atoms with E-state index < -0.39 is 0 Å². The molecule has 1 N–H and O–H groups in total. The van der Waals surface area contributed by atoms with Gasteiger partial charge in [-0.2, -0.15) is 0 Å². The lowest BCUT2D eigenvalue weighted by molar-refractivity contribution is 0.644. The zero-order chi connectivity index (χ0) is 12.1. The highest BCUT2D eigenvalue weighted by Gasteiger charge is 2.02. The van der Waals surface area contributed by atoms with E-state index in [0.717, 1.165) is 24.5 Å². The van der Waals surface area contributed by atoms with E-state index in [4.69, 9.17) is 0 Å². The fourth-order valence-corrected chi connectivity index (χ4v) is 1.70. The summed E-state index contributed by atoms with van der Waals surface area (Å²) in [6.45, 7) is 5.92. The van der Waals surface area contributed by atoms with E-state index in [-0.39, 0.29) is 0 Å². The Labute approximate surface area is 102 Å². The first kappa shape index (κ1) is 11.6. The third-order valence-corrected chi connectivity index (χ3v) is 2.66. The van der Waals surface area contributed by atoms with Crippen LogP contribution in [-0.4, -0.2) is 14.8 Å². The highest BCUT2D eigenvalue weighted by atomic mass is 15.3. The van der Waals surface area contributed by atoms with Gasteiger partial charge in [0.05, 0.1) is 6.54 Å². The van der Waals surface area contributed by atoms with Crippen LogP contribution in [0.4, 0.5) is 5.69 Å². The summed E-state index contributed by atoms with van der Waals surface area (Å²) >= 11 is 0. The van der Waals surface area contributed by atoms with Crippen molar-refractivity contribution in [1.82, 2.24) is 14.8 Å². The average molecular weight is 230 g/mol. The molecule has 2 aromatic rings. The van der Waals surface area contributed by atoms with Crippen molar-refractivity contribution >= 4 is 5.69 Å². The predicted molar refractivity (Wildman–Crippen MR) is 68.8 cm³/mol. The van der Waals surface area contributed by atoms with Gasteiger partial charge < -0.3 is 9.88 Å². The Morgan fingerprint density at radius 1 is 1.24 bits per heavy atom. The van der Waals surface area contributed by atoms with Gasteiger partial charge in [0.15, 0.2) is 5.82 Å². The van der Waals surface area contributed by atoms with E-state index in [1.807, 2.05) is 0 Å². The normalized spacial score (nSPS) is 10.5. The molecular weight excluding hydrogens is 212 g/mol. The summed E-state index contributed by atoms with van der Waals surface area (Å²) in [7, 11) is 0. The Kier molecular flexibility index (Phi) is 3.75. The number of nitrogens with one attached hydrogen (secondary N) is 1. The molecule has 1 heterocycles. The van der Waals surface area contributed by atoms with Crippen LogP contribution < -0.4 is 5.32 Å². The molecule has 1 aromatic heterocycles. The van der Waals surface area contributed by atoms with Crippen LogP contribution in [0.1, 0.15) is 24.7 Å². The Morgan fingerprint density at radius 2 is 2.00 bits per heavy atom. The van der Waals surface area contributed by atoms with Crippen molar-refractivity contribution in [3.05, 3.63) is 42.0 Å². The maximum Gasteiger partial charge on any atom is 0.152 e. The molecule has 0 atom stereocenters. The monoisotopic (exact) mass is 230 g/mol. The van der Waals surface area contributed by atoms with E-state index >= 15 is 0 Å². The van der Waals surface area contributed by atoms with Crippen LogP contribution in [0.2, 0.25) is 0 Å². The summed E-state index contributed by atoms with van der Waals surface area (Å²) in [6, 6.07) is 8.35. The van der Waals surface area contributed by atoms with Gasteiger partial charge in [-0.05, 0) is 25.5 Å². The predicted octanol–water partition coefficient (Wildman–Crippen LogP) is 2.61. The molecular formula is C13H18N4. The molecule has 0 aliphatic carbocycles. The summed E-state index contributed by atoms with van der Waals surface area (Å²) in [5.74, 6) is 0.979. The summed E-state index contributed by atoms with van der Waals surface area (Å²) in [5.41, 5.74) is 2.38. The van der Waals surface area contributed by atoms with E-state index in [2.05, 4.69) is 58.2 Å². The largest absolute Gasteiger partial charge is 0.378 e. The number of benzene rings is 1. The van der Waals surface area contributed by atoms with Gasteiger partial charge in [0.25, 0.3) is 0 Å². The smallest absolute Gasteiger partial charge is 0.152 e. The molecule has 0 amide bonds. The fraction of sp³-hybridized carbons (Fsp3) is 0.385. The lowest BCUT2D eigenvalue weighted by Crippen LogP contribution is -2.08. The Balaban J connectivity index is 1.97. The highest BCUT2D eigenvalue weighted by Crippen LogP contribution is 2.09. The fourth-order valence-electron chi connectivity index (χ4n) is 1.70. The van der Waals surface area contributed by atoms with E-state index in [0.29, 0.717) is 6.54 Å². The second-order valence-electron chi connectivity index (χ2n) is 4.16. The van der Waals surface area contributed by atoms with Crippen LogP contribution in [0, 0.1) is 6.92 Å². The van der Waals surface area contributed by atoms with Crippen LogP contribution in [0.25, 0.3) is 0 Å². The van der Waals surface area contributed by atoms with Crippen molar-refractivity contribution < 1.29 is 0 Å². The van der Waals surface area contributed by atoms with E-state index in [1.165, 1.54) is 5.56 Å². The minimum Gasteiger partial charge on any atom is -0.378 e. The van der Waals surface area contributed by atoms with Crippen molar-refractivity contribution in [2.75, 3.05) is 5.32 Å². The number of hydrogen-bond donors (Lipinski definition) is 1. The van der Waals surface area contributed by atoms with Gasteiger partial charge >= 0.3 is 0 Å². The molecule has 17 heavy (non-hydrogen) atoms. The van der Waals surface area contributed by atoms with E-state index in [1.54, 1.807) is 6.33 Å². The lowest BCUT2D eigenvalue weighted by Gasteiger charge is -2.07. The van der Waals surface area contributed by atoms with Gasteiger partial charge in [-0.25, -0.2) is 0 Å². The zero-order valence-electron chi connectivity index (χ0n) is 10.3. The SMILES string of the molecule is CCCn1cnnc1CNc1ccc(C)cc1. The molecule has 0 aliphatic rings. The van der Waals surface area contributed by atoms with Crippen molar-refractivity contribution in [3.63, 3.8) is 0 Å². The lowest BCUT2D eigenvalue weighted by atomic mass is 10.2. The summed E-state index contributed by atoms with van der Waals surface area (Å²) < 4.78 is 2.08. The van der Waals surface area contributed by atoms with Crippen LogP contribution in [0.15, 0.2) is 30.6 Å². The highest BCUT2D eigenvalue weighted by molar-refractivity contribution is 5.44. The number of aryl methyl sites for hydroxylation is 2. The molecule has 2 rings (SSSR count). The molecule has 90 valence electrons. The number of hydrogen-bond acceptors (Lipinski definition) is 3. The van der Waals surface area contributed by atoms with E-state index in [9.17, 15) is 0 Å². The zero-order valence-corrected chi connectivity index (χ0v) is 10.3. The van der Waals surface area contributed by atoms with Crippen LogP contribution in [0.3, 0.4) is 0 Å². The minimum absolute atomic E-state index is 0.711. The quantitative estimate of drug-likeness (QED) is 0.858. The van der Waals surface area contributed by atoms with Crippen LogP contribution in [0.5, 0.6) is 0 Å². The first-order valence-electron chi connectivity index (χ1n) is 5.97. The van der Waals surface area contributed by atoms with Gasteiger partial charge in [-0.15, -0.1) is 10.2 Å². The van der Waals surface area contributed by atoms with Crippen LogP contribution in [-0.2, 0) is 13.1 Å². The molecule has 0 saturated carbocycles. The molecule has 0 unspecified atom stereocenters. The van der Waals surface area contributed by atoms with Crippen molar-refractivity contribution in [1.29, 1.82) is 0 Å². The summed E-state index contributed by atoms with van der Waals surface area (Å²) in [5, 5.41) is 11.4. The van der Waals surface area contributed by atoms with Gasteiger partial charge in [0.1, 0.15) is 6.33 Å². The van der Waals surface area contributed by atoms with Gasteiger partial charge in [0, 0.05) is 12.2 Å². The molecule has 0 radical (unpaired) electrons. The maximum atomic E-state index is 4.12. The Hall–Kier alpha value is -1.84. The van der Waals surface area contributed by atoms with Gasteiger partial charge in [0.2, 0.25) is 0 Å². The Bertz CT molecular complexity index is 459. The molecule has 0 aliphatic heterocycles. The minimum atomic E-state index is 0.711. The summed E-state index contributed by atoms with van der Waals surface area (Å²) in [4.78, 5) is 0. The van der Waals surface area contributed by atoms with Gasteiger partial charge in [-0.1, -0.05) is 24.6 Å². The molecule has 0 fully saturated rings. The number of anilines is 1. The second kappa shape index (κ2) is 5.48. The number of nitrogens with zero attached hydrogens (tertiary/aromatic N) is 3. The number of rotatable bonds is 5. The molecule has 4 nitrogen and oxygen atoms in total. The summed E-state index contributed by atoms with van der Waals surface area (Å²) in [6.07, 6.45) is 2.88. The van der Waals surface area contributed by atoms with Gasteiger partial charge in [-0.3, -0.25) is 0 Å². The third kappa shape index (κ3) is 3.06. The van der Waals surface area contributed by atoms with Crippen molar-refractivity contribution in [2.45, 2.75) is 33.4 Å². The standard InChI is InChI=1S/C13H18N4/c1-3-8-17-10-15-16-13(17)9-14-12-6-4-11(2)5-7-12/h4-7,10,14H,3,8-9H2,1-2H3. The second-order valence-corrected chi connectivity index (χ2v) is 4.16. The van der Waals surface area contributed by atoms with Crippen LogP contribution >= 0.6 is 0 Å². The molecule has 0 saturated heterocycles. The Morgan fingerprint density at radius 3 is 2.71 bits per heavy atom. The molecule has 0 bridgehead atoms. The maximum absolute atomic E-state index is 4.12. The molecule has 1 aromatic carbocycles. The van der Waals surface area contributed by atoms with Crippen molar-refractivity contribution in [2.24, 2.45) is 0 Å². The topological polar surface area (TPSA) is 42.7 Å². The average Bonchev–Trinajstić information content (AvgIpc) is 2.77. The molecule has 4 heteroatoms. The number of aromatic nitrogens is 3. The molecule has 0 spiro atoms. The first-order chi connectivity index (χ1) is 8.29. The van der Waals surface area contributed by atoms with Crippen molar-refractivity contribution in [3.8, 4) is 0 Å². The first-order valence-corrected chi connectivity index (χ1v) is 5.97.